The number of rotatable bonds is 3. The van der Waals surface area contributed by atoms with E-state index in [4.69, 9.17) is 23.2 Å². The van der Waals surface area contributed by atoms with Crippen LogP contribution < -0.4 is 0 Å². The fourth-order valence-corrected chi connectivity index (χ4v) is 4.34. The Balaban J connectivity index is 2.41. The molecule has 0 aromatic carbocycles. The lowest BCUT2D eigenvalue weighted by Crippen LogP contribution is -2.12. The minimum atomic E-state index is -3.13. The fraction of sp³-hybridized carbons (Fsp3) is 0.667. The highest BCUT2D eigenvalue weighted by atomic mass is 35.5. The molecule has 0 saturated carbocycles. The molecule has 1 unspecified atom stereocenters. The molecule has 0 aliphatic carbocycles. The molecule has 1 aromatic rings. The SMILES string of the molecule is O=S1(=O)CCC(n2nc(C(F)F)c(CCl)c2Cl)C1. The first-order chi connectivity index (χ1) is 8.35. The van der Waals surface area contributed by atoms with Crippen LogP contribution in [0.25, 0.3) is 0 Å². The van der Waals surface area contributed by atoms with Gasteiger partial charge in [-0.05, 0) is 6.42 Å². The topological polar surface area (TPSA) is 52.0 Å². The Kier molecular flexibility index (Phi) is 3.85. The molecule has 0 amide bonds. The molecule has 0 bridgehead atoms. The van der Waals surface area contributed by atoms with Gasteiger partial charge in [0.2, 0.25) is 0 Å². The highest BCUT2D eigenvalue weighted by Gasteiger charge is 2.33. The maximum atomic E-state index is 12.7. The summed E-state index contributed by atoms with van der Waals surface area (Å²) >= 11 is 11.5. The van der Waals surface area contributed by atoms with Gasteiger partial charge < -0.3 is 0 Å². The minimum absolute atomic E-state index is 0.00222. The van der Waals surface area contributed by atoms with Crippen molar-refractivity contribution in [1.29, 1.82) is 0 Å². The average Bonchev–Trinajstić information content (AvgIpc) is 2.78. The van der Waals surface area contributed by atoms with E-state index in [9.17, 15) is 17.2 Å². The number of hydrogen-bond acceptors (Lipinski definition) is 3. The van der Waals surface area contributed by atoms with Gasteiger partial charge in [0.05, 0.1) is 23.4 Å². The first kappa shape index (κ1) is 14.0. The third-order valence-electron chi connectivity index (χ3n) is 2.87. The van der Waals surface area contributed by atoms with Gasteiger partial charge in [0, 0.05) is 5.56 Å². The zero-order chi connectivity index (χ0) is 13.5. The van der Waals surface area contributed by atoms with Crippen LogP contribution in [0.4, 0.5) is 8.78 Å². The van der Waals surface area contributed by atoms with E-state index >= 15 is 0 Å². The third-order valence-corrected chi connectivity index (χ3v) is 5.29. The largest absolute Gasteiger partial charge is 0.282 e. The van der Waals surface area contributed by atoms with Crippen LogP contribution in [0.3, 0.4) is 0 Å². The molecule has 18 heavy (non-hydrogen) atoms. The van der Waals surface area contributed by atoms with Crippen LogP contribution in [-0.2, 0) is 15.7 Å². The second-order valence-electron chi connectivity index (χ2n) is 4.09. The van der Waals surface area contributed by atoms with Crippen molar-refractivity contribution in [3.63, 3.8) is 0 Å². The van der Waals surface area contributed by atoms with Crippen molar-refractivity contribution in [2.75, 3.05) is 11.5 Å². The molecule has 1 aliphatic heterocycles. The molecule has 1 aromatic heterocycles. The normalized spacial score (nSPS) is 22.8. The van der Waals surface area contributed by atoms with Gasteiger partial charge in [-0.25, -0.2) is 21.9 Å². The summed E-state index contributed by atoms with van der Waals surface area (Å²) in [4.78, 5) is 0. The number of nitrogens with zero attached hydrogens (tertiary/aromatic N) is 2. The van der Waals surface area contributed by atoms with E-state index in [1.54, 1.807) is 0 Å². The van der Waals surface area contributed by atoms with Crippen molar-refractivity contribution in [1.82, 2.24) is 9.78 Å². The van der Waals surface area contributed by atoms with E-state index in [2.05, 4.69) is 5.10 Å². The summed E-state index contributed by atoms with van der Waals surface area (Å²) in [6.45, 7) is 0. The molecule has 9 heteroatoms. The number of hydrogen-bond donors (Lipinski definition) is 0. The molecule has 0 radical (unpaired) electrons. The molecule has 0 N–H and O–H groups in total. The number of aromatic nitrogens is 2. The van der Waals surface area contributed by atoms with Gasteiger partial charge in [-0.1, -0.05) is 11.6 Å². The van der Waals surface area contributed by atoms with Crippen molar-refractivity contribution >= 4 is 33.0 Å². The van der Waals surface area contributed by atoms with E-state index in [-0.39, 0.29) is 28.1 Å². The molecule has 1 aliphatic rings. The second-order valence-corrected chi connectivity index (χ2v) is 6.94. The van der Waals surface area contributed by atoms with Gasteiger partial charge in [-0.15, -0.1) is 11.6 Å². The van der Waals surface area contributed by atoms with Crippen LogP contribution in [0, 0.1) is 0 Å². The molecule has 4 nitrogen and oxygen atoms in total. The molecule has 1 saturated heterocycles. The summed E-state index contributed by atoms with van der Waals surface area (Å²) in [5.41, 5.74) is -0.406. The van der Waals surface area contributed by atoms with Gasteiger partial charge in [0.1, 0.15) is 10.8 Å². The predicted octanol–water partition coefficient (Wildman–Crippen LogP) is 2.57. The Morgan fingerprint density at radius 1 is 1.50 bits per heavy atom. The third kappa shape index (κ3) is 2.48. The molecule has 2 heterocycles. The Labute approximate surface area is 113 Å². The molecule has 1 fully saturated rings. The molecule has 102 valence electrons. The summed E-state index contributed by atoms with van der Waals surface area (Å²) in [6.07, 6.45) is -2.45. The lowest BCUT2D eigenvalue weighted by molar-refractivity contribution is 0.144. The maximum Gasteiger partial charge on any atom is 0.282 e. The van der Waals surface area contributed by atoms with Gasteiger partial charge >= 0.3 is 0 Å². The first-order valence-corrected chi connectivity index (χ1v) is 7.90. The number of alkyl halides is 3. The van der Waals surface area contributed by atoms with E-state index in [1.165, 1.54) is 0 Å². The van der Waals surface area contributed by atoms with Gasteiger partial charge in [0.25, 0.3) is 6.43 Å². The fourth-order valence-electron chi connectivity index (χ4n) is 1.97. The van der Waals surface area contributed by atoms with Gasteiger partial charge in [-0.2, -0.15) is 5.10 Å². The van der Waals surface area contributed by atoms with E-state index in [0.717, 1.165) is 4.68 Å². The summed E-state index contributed by atoms with van der Waals surface area (Å²) in [5.74, 6) is -0.287. The molecule has 2 rings (SSSR count). The maximum absolute atomic E-state index is 12.7. The van der Waals surface area contributed by atoms with Crippen LogP contribution in [0.2, 0.25) is 5.15 Å². The number of halogens is 4. The van der Waals surface area contributed by atoms with Crippen LogP contribution in [0.1, 0.15) is 30.1 Å². The highest BCUT2D eigenvalue weighted by molar-refractivity contribution is 7.91. The lowest BCUT2D eigenvalue weighted by Gasteiger charge is -2.09. The summed E-state index contributed by atoms with van der Waals surface area (Å²) in [5, 5.41) is 3.72. The smallest absolute Gasteiger partial charge is 0.249 e. The number of sulfone groups is 1. The van der Waals surface area contributed by atoms with Crippen molar-refractivity contribution in [3.8, 4) is 0 Å². The average molecular weight is 319 g/mol. The highest BCUT2D eigenvalue weighted by Crippen LogP contribution is 2.34. The summed E-state index contributed by atoms with van der Waals surface area (Å²) in [7, 11) is -3.13. The molecule has 1 atom stereocenters. The van der Waals surface area contributed by atoms with Crippen LogP contribution in [0.5, 0.6) is 0 Å². The van der Waals surface area contributed by atoms with E-state index < -0.39 is 28.0 Å². The zero-order valence-corrected chi connectivity index (χ0v) is 11.4. The van der Waals surface area contributed by atoms with Crippen LogP contribution >= 0.6 is 23.2 Å². The first-order valence-electron chi connectivity index (χ1n) is 5.17. The summed E-state index contributed by atoms with van der Waals surface area (Å²) < 4.78 is 49.4. The second kappa shape index (κ2) is 4.94. The Hall–Kier alpha value is -0.400. The van der Waals surface area contributed by atoms with Crippen LogP contribution in [0.15, 0.2) is 0 Å². The van der Waals surface area contributed by atoms with Crippen molar-refractivity contribution < 1.29 is 17.2 Å². The van der Waals surface area contributed by atoms with E-state index in [0.29, 0.717) is 6.42 Å². The Bertz CT molecular complexity index is 559. The zero-order valence-electron chi connectivity index (χ0n) is 9.11. The lowest BCUT2D eigenvalue weighted by atomic mass is 10.2. The van der Waals surface area contributed by atoms with Gasteiger partial charge in [0.15, 0.2) is 9.84 Å². The molecular formula is C9H10Cl2F2N2O2S. The Morgan fingerprint density at radius 2 is 2.17 bits per heavy atom. The van der Waals surface area contributed by atoms with Crippen molar-refractivity contribution in [2.24, 2.45) is 0 Å². The monoisotopic (exact) mass is 318 g/mol. The van der Waals surface area contributed by atoms with Crippen molar-refractivity contribution in [3.05, 3.63) is 16.4 Å². The van der Waals surface area contributed by atoms with Gasteiger partial charge in [-0.3, -0.25) is 0 Å². The molecule has 0 spiro atoms. The quantitative estimate of drug-likeness (QED) is 0.805. The molecular weight excluding hydrogens is 309 g/mol. The standard InChI is InChI=1S/C9H10Cl2F2N2O2S/c10-3-6-7(9(12)13)14-15(8(6)11)5-1-2-18(16,17)4-5/h5,9H,1-4H2. The predicted molar refractivity (Wildman–Crippen MR) is 64.1 cm³/mol. The minimum Gasteiger partial charge on any atom is -0.249 e. The Morgan fingerprint density at radius 3 is 2.56 bits per heavy atom. The van der Waals surface area contributed by atoms with Crippen molar-refractivity contribution in [2.45, 2.75) is 24.8 Å². The summed E-state index contributed by atoms with van der Waals surface area (Å²) in [6, 6.07) is -0.489. The van der Waals surface area contributed by atoms with E-state index in [1.807, 2.05) is 0 Å². The van der Waals surface area contributed by atoms with Crippen LogP contribution in [-0.4, -0.2) is 29.7 Å².